The molecule has 0 bridgehead atoms. The summed E-state index contributed by atoms with van der Waals surface area (Å²) in [5, 5.41) is 13.2. The van der Waals surface area contributed by atoms with Crippen LogP contribution in [0.3, 0.4) is 0 Å². The van der Waals surface area contributed by atoms with Crippen LogP contribution in [-0.2, 0) is 17.7 Å². The number of hydrogen-bond acceptors (Lipinski definition) is 4. The van der Waals surface area contributed by atoms with E-state index in [0.717, 1.165) is 6.20 Å². The van der Waals surface area contributed by atoms with Crippen LogP contribution in [0.15, 0.2) is 30.5 Å². The second-order valence-corrected chi connectivity index (χ2v) is 6.13. The summed E-state index contributed by atoms with van der Waals surface area (Å²) in [5.41, 5.74) is 0.981. The van der Waals surface area contributed by atoms with Crippen LogP contribution in [0, 0.1) is 0 Å². The predicted octanol–water partition coefficient (Wildman–Crippen LogP) is 2.71. The Kier molecular flexibility index (Phi) is 4.92. The van der Waals surface area contributed by atoms with E-state index in [1.807, 2.05) is 0 Å². The first kappa shape index (κ1) is 18.9. The Bertz CT molecular complexity index is 861. The van der Waals surface area contributed by atoms with Gasteiger partial charge in [-0.1, -0.05) is 12.1 Å². The van der Waals surface area contributed by atoms with Gasteiger partial charge in [0.15, 0.2) is 0 Å². The molecular weight excluding hydrogens is 367 g/mol. The molecule has 1 aliphatic rings. The zero-order valence-corrected chi connectivity index (χ0v) is 14.2. The minimum atomic E-state index is -4.67. The molecule has 0 spiro atoms. The molecule has 0 radical (unpaired) electrons. The standard InChI is InChI=1S/C17H16F3N3O4/c1-10-9-22-14(13(8-21-22)16(25)26)15(24)23(10)12-4-2-11(3-5-12)6-7-27-17(18,19)20/h2-5,8,10H,6-7,9H2,1H3,(H,25,26)/t10-/m0/s1. The average molecular weight is 383 g/mol. The Balaban J connectivity index is 1.78. The summed E-state index contributed by atoms with van der Waals surface area (Å²) in [6.45, 7) is 1.63. The monoisotopic (exact) mass is 383 g/mol. The summed E-state index contributed by atoms with van der Waals surface area (Å²) >= 11 is 0. The zero-order valence-electron chi connectivity index (χ0n) is 14.2. The fourth-order valence-corrected chi connectivity index (χ4v) is 3.03. The Hall–Kier alpha value is -2.88. The molecule has 2 aromatic rings. The van der Waals surface area contributed by atoms with Gasteiger partial charge >= 0.3 is 12.3 Å². The highest BCUT2D eigenvalue weighted by atomic mass is 19.4. The molecular formula is C17H16F3N3O4. The maximum absolute atomic E-state index is 12.8. The molecule has 0 saturated heterocycles. The van der Waals surface area contributed by atoms with Gasteiger partial charge in [0.05, 0.1) is 25.4 Å². The van der Waals surface area contributed by atoms with E-state index < -0.39 is 24.8 Å². The summed E-state index contributed by atoms with van der Waals surface area (Å²) in [4.78, 5) is 25.6. The molecule has 7 nitrogen and oxygen atoms in total. The van der Waals surface area contributed by atoms with Gasteiger partial charge in [-0.25, -0.2) is 4.79 Å². The van der Waals surface area contributed by atoms with E-state index in [2.05, 4.69) is 9.84 Å². The maximum atomic E-state index is 12.8. The van der Waals surface area contributed by atoms with Crippen LogP contribution in [0.4, 0.5) is 18.9 Å². The van der Waals surface area contributed by atoms with Crippen molar-refractivity contribution in [1.82, 2.24) is 9.78 Å². The highest BCUT2D eigenvalue weighted by molar-refractivity contribution is 6.11. The number of carbonyl (C=O) groups is 2. The van der Waals surface area contributed by atoms with Gasteiger partial charge < -0.3 is 10.0 Å². The fourth-order valence-electron chi connectivity index (χ4n) is 3.03. The van der Waals surface area contributed by atoms with Crippen molar-refractivity contribution in [1.29, 1.82) is 0 Å². The number of rotatable bonds is 5. The van der Waals surface area contributed by atoms with Crippen molar-refractivity contribution < 1.29 is 32.6 Å². The topological polar surface area (TPSA) is 84.7 Å². The quantitative estimate of drug-likeness (QED) is 0.858. The molecule has 1 aromatic carbocycles. The highest BCUT2D eigenvalue weighted by Crippen LogP contribution is 2.27. The largest absolute Gasteiger partial charge is 0.522 e. The van der Waals surface area contributed by atoms with Crippen molar-refractivity contribution in [2.24, 2.45) is 0 Å². The van der Waals surface area contributed by atoms with Gasteiger partial charge in [-0.2, -0.15) is 5.10 Å². The third-order valence-electron chi connectivity index (χ3n) is 4.24. The molecule has 3 rings (SSSR count). The third-order valence-corrected chi connectivity index (χ3v) is 4.24. The van der Waals surface area contributed by atoms with Gasteiger partial charge in [0.25, 0.3) is 5.91 Å². The molecule has 0 unspecified atom stereocenters. The summed E-state index contributed by atoms with van der Waals surface area (Å²) in [6.07, 6.45) is -3.45. The van der Waals surface area contributed by atoms with Gasteiger partial charge in [0, 0.05) is 5.69 Å². The fraction of sp³-hybridized carbons (Fsp3) is 0.353. The van der Waals surface area contributed by atoms with Crippen LogP contribution in [-0.4, -0.2) is 45.8 Å². The first-order chi connectivity index (χ1) is 12.7. The van der Waals surface area contributed by atoms with Crippen molar-refractivity contribution in [3.8, 4) is 0 Å². The van der Waals surface area contributed by atoms with E-state index in [9.17, 15) is 27.9 Å². The van der Waals surface area contributed by atoms with E-state index >= 15 is 0 Å². The van der Waals surface area contributed by atoms with Crippen molar-refractivity contribution in [3.05, 3.63) is 47.3 Å². The molecule has 1 aromatic heterocycles. The van der Waals surface area contributed by atoms with Crippen LogP contribution in [0.2, 0.25) is 0 Å². The van der Waals surface area contributed by atoms with Crippen LogP contribution in [0.25, 0.3) is 0 Å². The SMILES string of the molecule is C[C@H]1Cn2ncc(C(=O)O)c2C(=O)N1c1ccc(CCOC(F)(F)F)cc1. The average Bonchev–Trinajstić information content (AvgIpc) is 2.99. The van der Waals surface area contributed by atoms with Crippen LogP contribution < -0.4 is 4.90 Å². The number of nitrogens with zero attached hydrogens (tertiary/aromatic N) is 3. The van der Waals surface area contributed by atoms with Gasteiger partial charge in [0.1, 0.15) is 11.3 Å². The summed E-state index contributed by atoms with van der Waals surface area (Å²) in [6, 6.07) is 6.18. The molecule has 0 fully saturated rings. The van der Waals surface area contributed by atoms with Crippen LogP contribution in [0.5, 0.6) is 0 Å². The molecule has 144 valence electrons. The minimum Gasteiger partial charge on any atom is -0.478 e. The number of amides is 1. The van der Waals surface area contributed by atoms with Crippen molar-refractivity contribution in [2.45, 2.75) is 32.3 Å². The van der Waals surface area contributed by atoms with E-state index in [-0.39, 0.29) is 23.7 Å². The number of benzene rings is 1. The van der Waals surface area contributed by atoms with Gasteiger partial charge in [-0.05, 0) is 31.0 Å². The number of aromatic nitrogens is 2. The number of carbonyl (C=O) groups excluding carboxylic acids is 1. The van der Waals surface area contributed by atoms with Crippen molar-refractivity contribution in [2.75, 3.05) is 11.5 Å². The second-order valence-electron chi connectivity index (χ2n) is 6.13. The lowest BCUT2D eigenvalue weighted by atomic mass is 10.1. The smallest absolute Gasteiger partial charge is 0.478 e. The molecule has 1 aliphatic heterocycles. The number of carboxylic acid groups (broad SMARTS) is 1. The van der Waals surface area contributed by atoms with E-state index in [0.29, 0.717) is 17.8 Å². The molecule has 10 heteroatoms. The molecule has 2 heterocycles. The number of carboxylic acids is 1. The van der Waals surface area contributed by atoms with E-state index in [1.165, 1.54) is 9.58 Å². The summed E-state index contributed by atoms with van der Waals surface area (Å²) < 4.78 is 41.2. The van der Waals surface area contributed by atoms with Gasteiger partial charge in [-0.3, -0.25) is 14.2 Å². The normalized spacial score (nSPS) is 17.1. The number of halogens is 3. The number of fused-ring (bicyclic) bond motifs is 1. The number of hydrogen-bond donors (Lipinski definition) is 1. The predicted molar refractivity (Wildman–Crippen MR) is 87.6 cm³/mol. The van der Waals surface area contributed by atoms with Crippen LogP contribution >= 0.6 is 0 Å². The van der Waals surface area contributed by atoms with Gasteiger partial charge in [0.2, 0.25) is 0 Å². The first-order valence-corrected chi connectivity index (χ1v) is 8.09. The Labute approximate surface area is 151 Å². The number of ether oxygens (including phenoxy) is 1. The maximum Gasteiger partial charge on any atom is 0.522 e. The molecule has 0 aliphatic carbocycles. The van der Waals surface area contributed by atoms with Crippen molar-refractivity contribution >= 4 is 17.6 Å². The van der Waals surface area contributed by atoms with E-state index in [1.54, 1.807) is 31.2 Å². The molecule has 27 heavy (non-hydrogen) atoms. The second kappa shape index (κ2) is 7.03. The summed E-state index contributed by atoms with van der Waals surface area (Å²) in [7, 11) is 0. The first-order valence-electron chi connectivity index (χ1n) is 8.09. The number of anilines is 1. The van der Waals surface area contributed by atoms with Gasteiger partial charge in [-0.15, -0.1) is 13.2 Å². The Morgan fingerprint density at radius 2 is 2.00 bits per heavy atom. The Morgan fingerprint density at radius 3 is 2.59 bits per heavy atom. The van der Waals surface area contributed by atoms with Crippen molar-refractivity contribution in [3.63, 3.8) is 0 Å². The number of aromatic carboxylic acids is 1. The lowest BCUT2D eigenvalue weighted by Gasteiger charge is -2.34. The Morgan fingerprint density at radius 1 is 1.33 bits per heavy atom. The minimum absolute atomic E-state index is 0.00301. The molecule has 1 amide bonds. The molecule has 1 N–H and O–H groups in total. The number of alkyl halides is 3. The lowest BCUT2D eigenvalue weighted by molar-refractivity contribution is -0.324. The van der Waals surface area contributed by atoms with Crippen LogP contribution in [0.1, 0.15) is 33.3 Å². The highest BCUT2D eigenvalue weighted by Gasteiger charge is 2.35. The lowest BCUT2D eigenvalue weighted by Crippen LogP contribution is -2.47. The molecule has 0 saturated carbocycles. The van der Waals surface area contributed by atoms with E-state index in [4.69, 9.17) is 0 Å². The molecule has 1 atom stereocenters. The third kappa shape index (κ3) is 3.95. The zero-order chi connectivity index (χ0) is 19.8. The summed E-state index contributed by atoms with van der Waals surface area (Å²) in [5.74, 6) is -1.73.